The van der Waals surface area contributed by atoms with Gasteiger partial charge in [0.15, 0.2) is 0 Å². The van der Waals surface area contributed by atoms with Crippen LogP contribution in [-0.4, -0.2) is 17.7 Å². The highest BCUT2D eigenvalue weighted by atomic mass is 16.5. The van der Waals surface area contributed by atoms with E-state index in [2.05, 4.69) is 6.58 Å². The highest BCUT2D eigenvalue weighted by Gasteiger charge is 2.27. The van der Waals surface area contributed by atoms with Gasteiger partial charge in [0.05, 0.1) is 18.6 Å². The molecule has 0 amide bonds. The minimum atomic E-state index is -0.853. The number of aliphatic hydroxyl groups excluding tert-OH is 1. The number of rotatable bonds is 6. The Morgan fingerprint density at radius 2 is 2.12 bits per heavy atom. The molecule has 0 aliphatic carbocycles. The Morgan fingerprint density at radius 3 is 2.65 bits per heavy atom. The molecule has 0 radical (unpaired) electrons. The van der Waals surface area contributed by atoms with Crippen LogP contribution in [0.3, 0.4) is 0 Å². The summed E-state index contributed by atoms with van der Waals surface area (Å²) >= 11 is 0. The Morgan fingerprint density at radius 1 is 1.47 bits per heavy atom. The molecule has 1 rings (SSSR count). The van der Waals surface area contributed by atoms with Gasteiger partial charge < -0.3 is 9.84 Å². The van der Waals surface area contributed by atoms with Crippen molar-refractivity contribution in [3.63, 3.8) is 0 Å². The van der Waals surface area contributed by atoms with Crippen molar-refractivity contribution < 1.29 is 14.6 Å². The van der Waals surface area contributed by atoms with E-state index in [1.165, 1.54) is 0 Å². The number of allylic oxidation sites excluding steroid dienone is 1. The summed E-state index contributed by atoms with van der Waals surface area (Å²) in [6.07, 6.45) is 1.16. The van der Waals surface area contributed by atoms with Crippen LogP contribution >= 0.6 is 0 Å². The van der Waals surface area contributed by atoms with Gasteiger partial charge in [0.25, 0.3) is 0 Å². The second kappa shape index (κ2) is 6.86. The molecule has 0 aromatic heterocycles. The van der Waals surface area contributed by atoms with Crippen LogP contribution in [0.15, 0.2) is 43.0 Å². The van der Waals surface area contributed by atoms with E-state index in [-0.39, 0.29) is 5.97 Å². The molecule has 0 fully saturated rings. The summed E-state index contributed by atoms with van der Waals surface area (Å²) in [7, 11) is 0. The first-order valence-corrected chi connectivity index (χ1v) is 5.71. The van der Waals surface area contributed by atoms with Gasteiger partial charge in [-0.25, -0.2) is 0 Å². The van der Waals surface area contributed by atoms with Gasteiger partial charge in [-0.05, 0) is 18.9 Å². The van der Waals surface area contributed by atoms with Crippen LogP contribution in [-0.2, 0) is 9.53 Å². The fourth-order valence-electron chi connectivity index (χ4n) is 1.67. The number of carbonyl (C=O) groups is 1. The number of aliphatic hydroxyl groups is 1. The molecule has 0 aliphatic rings. The van der Waals surface area contributed by atoms with E-state index in [0.717, 1.165) is 0 Å². The number of hydrogen-bond donors (Lipinski definition) is 1. The average Bonchev–Trinajstić information content (AvgIpc) is 2.36. The van der Waals surface area contributed by atoms with E-state index in [0.29, 0.717) is 18.6 Å². The number of ether oxygens (including phenoxy) is 1. The third-order valence-corrected chi connectivity index (χ3v) is 2.53. The Bertz CT molecular complexity index is 359. The van der Waals surface area contributed by atoms with Crippen LogP contribution in [0.2, 0.25) is 0 Å². The predicted octanol–water partition coefficient (Wildman–Crippen LogP) is 2.48. The van der Waals surface area contributed by atoms with E-state index in [9.17, 15) is 9.90 Å². The zero-order chi connectivity index (χ0) is 12.7. The first-order valence-electron chi connectivity index (χ1n) is 5.71. The summed E-state index contributed by atoms with van der Waals surface area (Å²) in [5.74, 6) is -0.974. The number of esters is 1. The van der Waals surface area contributed by atoms with Gasteiger partial charge >= 0.3 is 5.97 Å². The van der Waals surface area contributed by atoms with Gasteiger partial charge in [-0.3, -0.25) is 4.79 Å². The van der Waals surface area contributed by atoms with Crippen molar-refractivity contribution in [2.45, 2.75) is 19.4 Å². The summed E-state index contributed by atoms with van der Waals surface area (Å²) in [5.41, 5.74) is 0.715. The van der Waals surface area contributed by atoms with Crippen LogP contribution in [0, 0.1) is 5.92 Å². The summed E-state index contributed by atoms with van der Waals surface area (Å²) in [6.45, 7) is 5.66. The molecule has 0 heterocycles. The lowest BCUT2D eigenvalue weighted by atomic mass is 9.93. The molecule has 17 heavy (non-hydrogen) atoms. The van der Waals surface area contributed by atoms with Crippen LogP contribution in [0.4, 0.5) is 0 Å². The van der Waals surface area contributed by atoms with Gasteiger partial charge in [-0.15, -0.1) is 6.58 Å². The summed E-state index contributed by atoms with van der Waals surface area (Å²) in [4.78, 5) is 11.7. The second-order valence-electron chi connectivity index (χ2n) is 3.74. The van der Waals surface area contributed by atoms with E-state index in [4.69, 9.17) is 4.74 Å². The molecule has 2 atom stereocenters. The van der Waals surface area contributed by atoms with Crippen molar-refractivity contribution in [2.75, 3.05) is 6.61 Å². The average molecular weight is 234 g/mol. The van der Waals surface area contributed by atoms with Crippen molar-refractivity contribution in [2.24, 2.45) is 5.92 Å². The summed E-state index contributed by atoms with van der Waals surface area (Å²) < 4.78 is 4.95. The third kappa shape index (κ3) is 3.71. The third-order valence-electron chi connectivity index (χ3n) is 2.53. The van der Waals surface area contributed by atoms with Gasteiger partial charge in [0.1, 0.15) is 0 Å². The van der Waals surface area contributed by atoms with Gasteiger partial charge in [0, 0.05) is 0 Å². The quantitative estimate of drug-likeness (QED) is 0.607. The molecule has 0 saturated heterocycles. The first-order chi connectivity index (χ1) is 8.20. The van der Waals surface area contributed by atoms with Crippen LogP contribution in [0.25, 0.3) is 0 Å². The molecule has 3 heteroatoms. The maximum absolute atomic E-state index is 11.7. The molecule has 0 aliphatic heterocycles. The Hall–Kier alpha value is -1.61. The minimum absolute atomic E-state index is 0.313. The molecule has 0 spiro atoms. The van der Waals surface area contributed by atoms with Crippen LogP contribution in [0.1, 0.15) is 25.0 Å². The topological polar surface area (TPSA) is 46.5 Å². The summed E-state index contributed by atoms with van der Waals surface area (Å²) in [6, 6.07) is 9.10. The standard InChI is InChI=1S/C14H18O3/c1-3-8-12(14(16)17-4-2)13(15)11-9-6-5-7-10-11/h3,5-7,9-10,12-13,15H,1,4,8H2,2H3/t12-,13-/m0/s1. The van der Waals surface area contributed by atoms with E-state index in [1.807, 2.05) is 18.2 Å². The van der Waals surface area contributed by atoms with E-state index < -0.39 is 12.0 Å². The SMILES string of the molecule is C=CC[C@H](C(=O)OCC)[C@@H](O)c1ccccc1. The Kier molecular flexibility index (Phi) is 5.43. The van der Waals surface area contributed by atoms with Gasteiger partial charge in [-0.2, -0.15) is 0 Å². The lowest BCUT2D eigenvalue weighted by Crippen LogP contribution is -2.24. The fourth-order valence-corrected chi connectivity index (χ4v) is 1.67. The number of carbonyl (C=O) groups excluding carboxylic acids is 1. The smallest absolute Gasteiger partial charge is 0.312 e. The second-order valence-corrected chi connectivity index (χ2v) is 3.74. The molecule has 3 nitrogen and oxygen atoms in total. The maximum atomic E-state index is 11.7. The lowest BCUT2D eigenvalue weighted by Gasteiger charge is -2.20. The Labute approximate surface area is 102 Å². The zero-order valence-electron chi connectivity index (χ0n) is 10.0. The highest BCUT2D eigenvalue weighted by molar-refractivity contribution is 5.73. The fraction of sp³-hybridized carbons (Fsp3) is 0.357. The molecule has 92 valence electrons. The molecular weight excluding hydrogens is 216 g/mol. The number of benzene rings is 1. The molecule has 1 N–H and O–H groups in total. The highest BCUT2D eigenvalue weighted by Crippen LogP contribution is 2.26. The molecular formula is C14H18O3. The molecule has 0 saturated carbocycles. The van der Waals surface area contributed by atoms with Crippen molar-refractivity contribution in [1.29, 1.82) is 0 Å². The van der Waals surface area contributed by atoms with Gasteiger partial charge in [0.2, 0.25) is 0 Å². The largest absolute Gasteiger partial charge is 0.466 e. The lowest BCUT2D eigenvalue weighted by molar-refractivity contribution is -0.152. The van der Waals surface area contributed by atoms with E-state index >= 15 is 0 Å². The Balaban J connectivity index is 2.83. The molecule has 0 bridgehead atoms. The minimum Gasteiger partial charge on any atom is -0.466 e. The van der Waals surface area contributed by atoms with Gasteiger partial charge in [-0.1, -0.05) is 36.4 Å². The monoisotopic (exact) mass is 234 g/mol. The maximum Gasteiger partial charge on any atom is 0.312 e. The van der Waals surface area contributed by atoms with Crippen molar-refractivity contribution >= 4 is 5.97 Å². The van der Waals surface area contributed by atoms with Crippen molar-refractivity contribution in [3.8, 4) is 0 Å². The zero-order valence-corrected chi connectivity index (χ0v) is 10.0. The molecule has 1 aromatic carbocycles. The van der Waals surface area contributed by atoms with Crippen LogP contribution in [0.5, 0.6) is 0 Å². The van der Waals surface area contributed by atoms with Crippen molar-refractivity contribution in [3.05, 3.63) is 48.6 Å². The summed E-state index contributed by atoms with van der Waals surface area (Å²) in [5, 5.41) is 10.2. The molecule has 0 unspecified atom stereocenters. The number of hydrogen-bond acceptors (Lipinski definition) is 3. The van der Waals surface area contributed by atoms with Crippen molar-refractivity contribution in [1.82, 2.24) is 0 Å². The van der Waals surface area contributed by atoms with E-state index in [1.54, 1.807) is 25.1 Å². The first kappa shape index (κ1) is 13.5. The predicted molar refractivity (Wildman–Crippen MR) is 66.3 cm³/mol. The molecule has 1 aromatic rings. The normalized spacial score (nSPS) is 13.8. The van der Waals surface area contributed by atoms with Crippen LogP contribution < -0.4 is 0 Å².